The van der Waals surface area contributed by atoms with Crippen molar-refractivity contribution in [2.24, 2.45) is 4.99 Å². The molecule has 1 atom stereocenters. The van der Waals surface area contributed by atoms with Gasteiger partial charge in [0, 0.05) is 20.2 Å². The number of ether oxygens (including phenoxy) is 1. The maximum Gasteiger partial charge on any atom is 0.415 e. The monoisotopic (exact) mass is 410 g/mol. The first-order valence-electron chi connectivity index (χ1n) is 8.81. The minimum atomic E-state index is -1.25. The van der Waals surface area contributed by atoms with E-state index >= 15 is 0 Å². The summed E-state index contributed by atoms with van der Waals surface area (Å²) in [5, 5.41) is 11.6. The van der Waals surface area contributed by atoms with Crippen molar-refractivity contribution in [3.63, 3.8) is 0 Å². The molecule has 1 aliphatic rings. The summed E-state index contributed by atoms with van der Waals surface area (Å²) in [6.07, 6.45) is 0.641. The van der Waals surface area contributed by atoms with Crippen LogP contribution in [0.25, 0.3) is 0 Å². The highest BCUT2D eigenvalue weighted by Crippen LogP contribution is 2.36. The van der Waals surface area contributed by atoms with Gasteiger partial charge in [-0.05, 0) is 36.9 Å². The number of carboxylic acid groups (broad SMARTS) is 1. The van der Waals surface area contributed by atoms with E-state index in [0.29, 0.717) is 17.7 Å². The van der Waals surface area contributed by atoms with Crippen molar-refractivity contribution < 1.29 is 19.0 Å². The van der Waals surface area contributed by atoms with Gasteiger partial charge in [-0.25, -0.2) is 19.1 Å². The molecular weight excluding hydrogens is 383 g/mol. The lowest BCUT2D eigenvalue weighted by Crippen LogP contribution is -2.39. The standard InChI is InChI=1S/C19H27FN2O3SSi/c1-14-7-6-8-15(16(14)20)19(2)9-11-26-17(21-19)22(18(23)24)13-25-10-12-27(3,4)5/h6-9,11H,10,12-13H2,1-5H3,(H,23,24). The molecule has 1 unspecified atom stereocenters. The number of carbonyl (C=O) groups is 1. The van der Waals surface area contributed by atoms with Crippen LogP contribution < -0.4 is 0 Å². The maximum absolute atomic E-state index is 14.6. The largest absolute Gasteiger partial charge is 0.465 e. The SMILES string of the molecule is Cc1cccc(C2(C)C=CSC(N(COCC[Si](C)(C)C)C(=O)O)=N2)c1F. The van der Waals surface area contributed by atoms with E-state index in [1.165, 1.54) is 11.8 Å². The molecule has 0 aliphatic carbocycles. The number of thioether (sulfide) groups is 1. The number of aliphatic imine (C=N–C) groups is 1. The van der Waals surface area contributed by atoms with Crippen LogP contribution in [0.2, 0.25) is 25.7 Å². The molecule has 8 heteroatoms. The smallest absolute Gasteiger partial charge is 0.415 e. The van der Waals surface area contributed by atoms with Crippen molar-refractivity contribution in [2.75, 3.05) is 13.3 Å². The number of rotatable bonds is 6. The summed E-state index contributed by atoms with van der Waals surface area (Å²) < 4.78 is 20.2. The van der Waals surface area contributed by atoms with E-state index in [0.717, 1.165) is 10.9 Å². The van der Waals surface area contributed by atoms with Gasteiger partial charge in [-0.3, -0.25) is 0 Å². The third-order valence-corrected chi connectivity index (χ3v) is 6.81. The average Bonchev–Trinajstić information content (AvgIpc) is 2.55. The predicted molar refractivity (Wildman–Crippen MR) is 111 cm³/mol. The zero-order chi connectivity index (χ0) is 20.2. The van der Waals surface area contributed by atoms with Crippen LogP contribution in [0.4, 0.5) is 9.18 Å². The van der Waals surface area contributed by atoms with Gasteiger partial charge in [-0.15, -0.1) is 0 Å². The molecule has 0 radical (unpaired) electrons. The van der Waals surface area contributed by atoms with Gasteiger partial charge in [0.2, 0.25) is 0 Å². The fourth-order valence-electron chi connectivity index (χ4n) is 2.53. The molecule has 1 N–H and O–H groups in total. The normalized spacial score (nSPS) is 19.7. The van der Waals surface area contributed by atoms with E-state index in [9.17, 15) is 14.3 Å². The van der Waals surface area contributed by atoms with E-state index in [1.807, 2.05) is 0 Å². The van der Waals surface area contributed by atoms with Gasteiger partial charge in [0.15, 0.2) is 5.17 Å². The highest BCUT2D eigenvalue weighted by Gasteiger charge is 2.32. The summed E-state index contributed by atoms with van der Waals surface area (Å²) in [7, 11) is -1.25. The van der Waals surface area contributed by atoms with Crippen LogP contribution in [-0.4, -0.2) is 42.7 Å². The van der Waals surface area contributed by atoms with Gasteiger partial charge in [0.1, 0.15) is 18.1 Å². The van der Waals surface area contributed by atoms with Crippen LogP contribution in [0.3, 0.4) is 0 Å². The minimum Gasteiger partial charge on any atom is -0.465 e. The van der Waals surface area contributed by atoms with Gasteiger partial charge in [-0.1, -0.05) is 49.6 Å². The summed E-state index contributed by atoms with van der Waals surface area (Å²) in [5.41, 5.74) is -0.0219. The number of hydrogen-bond donors (Lipinski definition) is 1. The van der Waals surface area contributed by atoms with E-state index in [2.05, 4.69) is 24.6 Å². The van der Waals surface area contributed by atoms with E-state index in [1.54, 1.807) is 43.5 Å². The van der Waals surface area contributed by atoms with Crippen molar-refractivity contribution >= 4 is 31.1 Å². The Morgan fingerprint density at radius 2 is 2.11 bits per heavy atom. The second-order valence-electron chi connectivity index (χ2n) is 7.96. The van der Waals surface area contributed by atoms with Crippen LogP contribution in [0.1, 0.15) is 18.1 Å². The molecule has 0 fully saturated rings. The molecular formula is C19H27FN2O3SSi. The fraction of sp³-hybridized carbons (Fsp3) is 0.474. The fourth-order valence-corrected chi connectivity index (χ4v) is 4.24. The minimum absolute atomic E-state index is 0.0914. The number of benzene rings is 1. The first-order valence-corrected chi connectivity index (χ1v) is 13.4. The number of nitrogens with zero attached hydrogens (tertiary/aromatic N) is 2. The molecule has 0 saturated heterocycles. The van der Waals surface area contributed by atoms with Gasteiger partial charge in [-0.2, -0.15) is 0 Å². The number of halogens is 1. The Morgan fingerprint density at radius 3 is 2.74 bits per heavy atom. The van der Waals surface area contributed by atoms with Crippen LogP contribution >= 0.6 is 11.8 Å². The summed E-state index contributed by atoms with van der Waals surface area (Å²) in [5.74, 6) is -0.326. The van der Waals surface area contributed by atoms with E-state index in [4.69, 9.17) is 4.74 Å². The maximum atomic E-state index is 14.6. The Hall–Kier alpha value is -1.64. The van der Waals surface area contributed by atoms with Crippen molar-refractivity contribution in [1.29, 1.82) is 0 Å². The zero-order valence-electron chi connectivity index (χ0n) is 16.5. The van der Waals surface area contributed by atoms with Gasteiger partial charge in [0.25, 0.3) is 0 Å². The Morgan fingerprint density at radius 1 is 1.41 bits per heavy atom. The van der Waals surface area contributed by atoms with Crippen LogP contribution in [0.15, 0.2) is 34.7 Å². The average molecular weight is 411 g/mol. The van der Waals surface area contributed by atoms with E-state index in [-0.39, 0.29) is 17.7 Å². The van der Waals surface area contributed by atoms with Crippen LogP contribution in [0, 0.1) is 12.7 Å². The summed E-state index contributed by atoms with van der Waals surface area (Å²) in [4.78, 5) is 17.4. The highest BCUT2D eigenvalue weighted by molar-refractivity contribution is 8.16. The summed E-state index contributed by atoms with van der Waals surface area (Å²) >= 11 is 1.19. The lowest BCUT2D eigenvalue weighted by molar-refractivity contribution is 0.0705. The van der Waals surface area contributed by atoms with Gasteiger partial charge in [0.05, 0.1) is 0 Å². The number of hydrogen-bond acceptors (Lipinski definition) is 4. The third kappa shape index (κ3) is 5.67. The zero-order valence-corrected chi connectivity index (χ0v) is 18.3. The quantitative estimate of drug-likeness (QED) is 0.395. The first-order chi connectivity index (χ1) is 12.5. The van der Waals surface area contributed by atoms with Crippen molar-refractivity contribution in [3.8, 4) is 0 Å². The Labute approximate surface area is 165 Å². The second kappa shape index (κ2) is 8.58. The van der Waals surface area contributed by atoms with Gasteiger partial charge < -0.3 is 9.84 Å². The molecule has 0 bridgehead atoms. The topological polar surface area (TPSA) is 62.1 Å². The molecule has 0 spiro atoms. The molecule has 0 aromatic heterocycles. The van der Waals surface area contributed by atoms with Gasteiger partial charge >= 0.3 is 6.09 Å². The number of aryl methyl sites for hydroxylation is 1. The molecule has 1 amide bonds. The molecule has 0 saturated carbocycles. The molecule has 1 aromatic rings. The highest BCUT2D eigenvalue weighted by atomic mass is 32.2. The Bertz CT molecular complexity index is 764. The summed E-state index contributed by atoms with van der Waals surface area (Å²) in [6, 6.07) is 6.10. The van der Waals surface area contributed by atoms with Crippen LogP contribution in [-0.2, 0) is 10.3 Å². The van der Waals surface area contributed by atoms with E-state index < -0.39 is 19.7 Å². The lowest BCUT2D eigenvalue weighted by Gasteiger charge is -2.30. The third-order valence-electron chi connectivity index (χ3n) is 4.31. The second-order valence-corrected chi connectivity index (χ2v) is 14.5. The van der Waals surface area contributed by atoms with Crippen molar-refractivity contribution in [3.05, 3.63) is 46.6 Å². The first kappa shape index (κ1) is 21.7. The number of amides is 1. The molecule has 27 heavy (non-hydrogen) atoms. The molecule has 2 rings (SSSR count). The summed E-state index contributed by atoms with van der Waals surface area (Å²) in [6.45, 7) is 10.6. The molecule has 1 heterocycles. The Kier molecular flexibility index (Phi) is 6.88. The van der Waals surface area contributed by atoms with Crippen molar-refractivity contribution in [1.82, 2.24) is 4.90 Å². The Balaban J connectivity index is 2.21. The van der Waals surface area contributed by atoms with Crippen molar-refractivity contribution in [2.45, 2.75) is 45.1 Å². The van der Waals surface area contributed by atoms with Crippen LogP contribution in [0.5, 0.6) is 0 Å². The molecule has 5 nitrogen and oxygen atoms in total. The number of amidine groups is 1. The molecule has 1 aromatic carbocycles. The molecule has 1 aliphatic heterocycles. The molecule has 148 valence electrons. The lowest BCUT2D eigenvalue weighted by atomic mass is 9.91. The predicted octanol–water partition coefficient (Wildman–Crippen LogP) is 5.26.